The van der Waals surface area contributed by atoms with Gasteiger partial charge in [0.2, 0.25) is 0 Å². The van der Waals surface area contributed by atoms with Gasteiger partial charge in [-0.05, 0) is 36.8 Å². The number of nitrogens with zero attached hydrogens (tertiary/aromatic N) is 1. The molecule has 1 nitrogen and oxygen atoms in total. The second kappa shape index (κ2) is 8.34. The van der Waals surface area contributed by atoms with E-state index in [2.05, 4.69) is 35.9 Å². The summed E-state index contributed by atoms with van der Waals surface area (Å²) in [5, 5.41) is 2.26. The van der Waals surface area contributed by atoms with Crippen molar-refractivity contribution in [2.45, 2.75) is 78.2 Å². The molecule has 3 heterocycles. The summed E-state index contributed by atoms with van der Waals surface area (Å²) in [6.07, 6.45) is 12.0. The minimum absolute atomic E-state index is 1.18. The fourth-order valence-corrected chi connectivity index (χ4v) is 5.66. The number of fused-ring (bicyclic) bond motifs is 3. The van der Waals surface area contributed by atoms with E-state index < -0.39 is 0 Å². The van der Waals surface area contributed by atoms with Crippen LogP contribution in [0.25, 0.3) is 20.4 Å². The number of unbranched alkanes of at least 4 members (excludes halogenated alkanes) is 6. The zero-order valence-corrected chi connectivity index (χ0v) is 16.2. The number of hydrogen-bond acceptors (Lipinski definition) is 2. The Labute approximate surface area is 148 Å². The minimum Gasteiger partial charge on any atom is -0.339 e. The first-order valence-corrected chi connectivity index (χ1v) is 11.0. The second-order valence-corrected chi connectivity index (χ2v) is 8.64. The van der Waals surface area contributed by atoms with Crippen LogP contribution in [0, 0.1) is 0 Å². The third kappa shape index (κ3) is 3.83. The van der Waals surface area contributed by atoms with E-state index in [0.717, 1.165) is 0 Å². The normalized spacial score (nSPS) is 11.9. The molecule has 0 aromatic carbocycles. The average molecular weight is 348 g/mol. The number of rotatable bonds is 10. The van der Waals surface area contributed by atoms with Crippen LogP contribution < -0.4 is 0 Å². The van der Waals surface area contributed by atoms with Gasteiger partial charge < -0.3 is 4.57 Å². The Balaban J connectivity index is 1.78. The fraction of sp³-hybridized carbons (Fsp3) is 0.600. The second-order valence-electron chi connectivity index (χ2n) is 6.59. The van der Waals surface area contributed by atoms with Crippen LogP contribution in [0.4, 0.5) is 0 Å². The van der Waals surface area contributed by atoms with Crippen molar-refractivity contribution in [1.29, 1.82) is 0 Å². The zero-order chi connectivity index (χ0) is 16.1. The number of hydrogen-bond donors (Lipinski definition) is 0. The van der Waals surface area contributed by atoms with E-state index in [1.807, 2.05) is 22.7 Å². The van der Waals surface area contributed by atoms with Crippen molar-refractivity contribution >= 4 is 43.1 Å². The molecule has 0 N–H and O–H groups in total. The highest BCUT2D eigenvalue weighted by Gasteiger charge is 2.14. The Hall–Kier alpha value is -0.800. The lowest BCUT2D eigenvalue weighted by Gasteiger charge is -2.05. The van der Waals surface area contributed by atoms with Crippen LogP contribution in [0.15, 0.2) is 17.5 Å². The molecule has 0 radical (unpaired) electrons. The molecule has 0 aliphatic heterocycles. The van der Waals surface area contributed by atoms with E-state index in [0.29, 0.717) is 0 Å². The summed E-state index contributed by atoms with van der Waals surface area (Å²) in [5.41, 5.74) is 2.96. The summed E-state index contributed by atoms with van der Waals surface area (Å²) in [5.74, 6) is 0. The molecule has 0 atom stereocenters. The van der Waals surface area contributed by atoms with Gasteiger partial charge in [0.1, 0.15) is 0 Å². The third-order valence-corrected chi connectivity index (χ3v) is 6.96. The van der Waals surface area contributed by atoms with Crippen LogP contribution in [-0.2, 0) is 13.0 Å². The summed E-state index contributed by atoms with van der Waals surface area (Å²) in [4.78, 5) is 1.59. The molecule has 0 unspecified atom stereocenters. The minimum atomic E-state index is 1.18. The van der Waals surface area contributed by atoms with Gasteiger partial charge in [-0.3, -0.25) is 0 Å². The van der Waals surface area contributed by atoms with E-state index in [-0.39, 0.29) is 0 Å². The summed E-state index contributed by atoms with van der Waals surface area (Å²) in [7, 11) is 0. The zero-order valence-electron chi connectivity index (χ0n) is 14.6. The van der Waals surface area contributed by atoms with Crippen molar-refractivity contribution in [2.75, 3.05) is 0 Å². The Bertz CT molecular complexity index is 731. The van der Waals surface area contributed by atoms with Crippen LogP contribution in [0.2, 0.25) is 0 Å². The largest absolute Gasteiger partial charge is 0.339 e. The van der Waals surface area contributed by atoms with Crippen molar-refractivity contribution in [1.82, 2.24) is 4.57 Å². The Kier molecular flexibility index (Phi) is 6.18. The van der Waals surface area contributed by atoms with Gasteiger partial charge in [-0.25, -0.2) is 0 Å². The van der Waals surface area contributed by atoms with E-state index >= 15 is 0 Å². The Morgan fingerprint density at radius 3 is 2.43 bits per heavy atom. The van der Waals surface area contributed by atoms with E-state index in [9.17, 15) is 0 Å². The molecule has 3 aromatic rings. The van der Waals surface area contributed by atoms with Crippen molar-refractivity contribution in [3.8, 4) is 0 Å². The molecule has 3 rings (SSSR count). The molecule has 23 heavy (non-hydrogen) atoms. The lowest BCUT2D eigenvalue weighted by molar-refractivity contribution is 0.602. The molecular formula is C20H29NS2. The van der Waals surface area contributed by atoms with Gasteiger partial charge in [0, 0.05) is 11.4 Å². The number of aromatic nitrogens is 1. The van der Waals surface area contributed by atoms with E-state index in [4.69, 9.17) is 0 Å². The van der Waals surface area contributed by atoms with Gasteiger partial charge in [0.15, 0.2) is 0 Å². The van der Waals surface area contributed by atoms with Gasteiger partial charge in [0.25, 0.3) is 0 Å². The van der Waals surface area contributed by atoms with E-state index in [1.54, 1.807) is 4.88 Å². The quantitative estimate of drug-likeness (QED) is 0.332. The smallest absolute Gasteiger partial charge is 0.0703 e. The first-order valence-electron chi connectivity index (χ1n) is 9.33. The summed E-state index contributed by atoms with van der Waals surface area (Å²) in [6, 6.07) is 4.80. The molecule has 126 valence electrons. The first kappa shape index (κ1) is 17.0. The summed E-state index contributed by atoms with van der Waals surface area (Å²) >= 11 is 3.96. The number of aryl methyl sites for hydroxylation is 2. The van der Waals surface area contributed by atoms with Crippen molar-refractivity contribution in [2.24, 2.45) is 0 Å². The fourth-order valence-electron chi connectivity index (χ4n) is 3.40. The molecule has 0 aliphatic carbocycles. The van der Waals surface area contributed by atoms with E-state index in [1.165, 1.54) is 84.8 Å². The molecule has 0 fully saturated rings. The maximum atomic E-state index is 2.59. The third-order valence-electron chi connectivity index (χ3n) is 4.71. The summed E-state index contributed by atoms with van der Waals surface area (Å²) < 4.78 is 5.64. The van der Waals surface area contributed by atoms with Crippen molar-refractivity contribution in [3.63, 3.8) is 0 Å². The molecule has 3 heteroatoms. The predicted molar refractivity (Wildman–Crippen MR) is 107 cm³/mol. The predicted octanol–water partition coefficient (Wildman–Crippen LogP) is 7.62. The van der Waals surface area contributed by atoms with Crippen molar-refractivity contribution < 1.29 is 0 Å². The van der Waals surface area contributed by atoms with Crippen molar-refractivity contribution in [3.05, 3.63) is 22.4 Å². The highest BCUT2D eigenvalue weighted by molar-refractivity contribution is 7.26. The standard InChI is InChI=1S/C20H29NS2/c1-3-5-7-9-11-16-15-18-20(23-16)19-17(12-14-22-19)21(18)13-10-8-6-4-2/h12,14-15H,3-11,13H2,1-2H3. The van der Waals surface area contributed by atoms with Crippen LogP contribution >= 0.6 is 22.7 Å². The van der Waals surface area contributed by atoms with Gasteiger partial charge in [-0.15, -0.1) is 22.7 Å². The van der Waals surface area contributed by atoms with Gasteiger partial charge >= 0.3 is 0 Å². The monoisotopic (exact) mass is 347 g/mol. The summed E-state index contributed by atoms with van der Waals surface area (Å²) in [6.45, 7) is 5.76. The lowest BCUT2D eigenvalue weighted by atomic mass is 10.1. The molecule has 0 amide bonds. The molecular weight excluding hydrogens is 318 g/mol. The maximum Gasteiger partial charge on any atom is 0.0703 e. The SMILES string of the molecule is CCCCCCc1cc2c(s1)c1sccc1n2CCCCCC. The Morgan fingerprint density at radius 1 is 0.870 bits per heavy atom. The van der Waals surface area contributed by atoms with Crippen LogP contribution in [0.3, 0.4) is 0 Å². The molecule has 0 spiro atoms. The topological polar surface area (TPSA) is 4.93 Å². The molecule has 3 aromatic heterocycles. The molecule has 0 bridgehead atoms. The molecule has 0 saturated carbocycles. The van der Waals surface area contributed by atoms with Gasteiger partial charge in [-0.2, -0.15) is 0 Å². The van der Waals surface area contributed by atoms with Crippen LogP contribution in [0.1, 0.15) is 70.1 Å². The highest BCUT2D eigenvalue weighted by Crippen LogP contribution is 2.39. The lowest BCUT2D eigenvalue weighted by Crippen LogP contribution is -1.96. The average Bonchev–Trinajstić information content (AvgIpc) is 3.22. The molecule has 0 aliphatic rings. The van der Waals surface area contributed by atoms with Crippen LogP contribution in [-0.4, -0.2) is 4.57 Å². The maximum absolute atomic E-state index is 2.59. The van der Waals surface area contributed by atoms with Gasteiger partial charge in [-0.1, -0.05) is 52.4 Å². The molecule has 0 saturated heterocycles. The van der Waals surface area contributed by atoms with Crippen LogP contribution in [0.5, 0.6) is 0 Å². The first-order chi connectivity index (χ1) is 11.3. The highest BCUT2D eigenvalue weighted by atomic mass is 32.1. The van der Waals surface area contributed by atoms with Gasteiger partial charge in [0.05, 0.1) is 20.4 Å². The Morgan fingerprint density at radius 2 is 1.65 bits per heavy atom. The number of thiophene rings is 2.